The first kappa shape index (κ1) is 23.4. The molecule has 0 saturated heterocycles. The van der Waals surface area contributed by atoms with Crippen LogP contribution in [0.4, 0.5) is 0 Å². The summed E-state index contributed by atoms with van der Waals surface area (Å²) >= 11 is 18.2. The molecule has 1 unspecified atom stereocenters. The standard InChI is InChI=1S/C17H21Cl3N4O.HI/c1-3-21-17(22-9-11-8-14(19)16(20)24(11)2)23-10-15(25)12-6-4-5-7-13(12)18;/h4-8,15,25H,3,9-10H2,1-2H3,(H2,21,22,23);1H. The zero-order valence-electron chi connectivity index (χ0n) is 14.5. The summed E-state index contributed by atoms with van der Waals surface area (Å²) in [5.74, 6) is 0.585. The molecule has 2 rings (SSSR count). The average molecular weight is 532 g/mol. The highest BCUT2D eigenvalue weighted by molar-refractivity contribution is 14.0. The van der Waals surface area contributed by atoms with E-state index in [1.54, 1.807) is 22.8 Å². The number of halogens is 4. The number of benzene rings is 1. The molecule has 9 heteroatoms. The molecule has 1 heterocycles. The van der Waals surface area contributed by atoms with E-state index in [0.29, 0.717) is 39.8 Å². The van der Waals surface area contributed by atoms with Crippen LogP contribution in [0.15, 0.2) is 35.3 Å². The molecule has 1 aromatic heterocycles. The molecule has 0 amide bonds. The van der Waals surface area contributed by atoms with Crippen molar-refractivity contribution in [2.75, 3.05) is 13.1 Å². The lowest BCUT2D eigenvalue weighted by Gasteiger charge is -2.16. The third-order valence-electron chi connectivity index (χ3n) is 3.69. The maximum absolute atomic E-state index is 10.3. The van der Waals surface area contributed by atoms with Crippen molar-refractivity contribution in [1.29, 1.82) is 0 Å². The topological polar surface area (TPSA) is 61.6 Å². The van der Waals surface area contributed by atoms with E-state index in [-0.39, 0.29) is 30.5 Å². The van der Waals surface area contributed by atoms with Crippen molar-refractivity contribution < 1.29 is 5.11 Å². The first-order valence-electron chi connectivity index (χ1n) is 7.88. The van der Waals surface area contributed by atoms with E-state index < -0.39 is 6.10 Å². The second kappa shape index (κ2) is 11.2. The predicted molar refractivity (Wildman–Crippen MR) is 120 cm³/mol. The summed E-state index contributed by atoms with van der Waals surface area (Å²) < 4.78 is 1.79. The maximum atomic E-state index is 10.3. The van der Waals surface area contributed by atoms with E-state index in [9.17, 15) is 5.11 Å². The van der Waals surface area contributed by atoms with Crippen LogP contribution >= 0.6 is 58.8 Å². The summed E-state index contributed by atoms with van der Waals surface area (Å²) in [7, 11) is 1.83. The van der Waals surface area contributed by atoms with Gasteiger partial charge in [-0.15, -0.1) is 24.0 Å². The number of nitrogens with zero attached hydrogens (tertiary/aromatic N) is 2. The predicted octanol–water partition coefficient (Wildman–Crippen LogP) is 4.39. The van der Waals surface area contributed by atoms with E-state index >= 15 is 0 Å². The Bertz CT molecular complexity index is 752. The van der Waals surface area contributed by atoms with Crippen LogP contribution in [0.1, 0.15) is 24.3 Å². The Morgan fingerprint density at radius 3 is 2.46 bits per heavy atom. The zero-order valence-corrected chi connectivity index (χ0v) is 19.1. The quantitative estimate of drug-likeness (QED) is 0.294. The van der Waals surface area contributed by atoms with Crippen LogP contribution in [0.2, 0.25) is 15.2 Å². The third-order valence-corrected chi connectivity index (χ3v) is 4.87. The number of rotatable bonds is 6. The molecule has 1 aromatic carbocycles. The Morgan fingerprint density at radius 1 is 1.19 bits per heavy atom. The summed E-state index contributed by atoms with van der Waals surface area (Å²) in [5.41, 5.74) is 1.56. The van der Waals surface area contributed by atoms with Crippen molar-refractivity contribution in [3.63, 3.8) is 0 Å². The van der Waals surface area contributed by atoms with Gasteiger partial charge < -0.3 is 20.3 Å². The van der Waals surface area contributed by atoms with Gasteiger partial charge in [0.05, 0.1) is 17.7 Å². The zero-order chi connectivity index (χ0) is 18.4. The van der Waals surface area contributed by atoms with Gasteiger partial charge in [-0.2, -0.15) is 0 Å². The molecular formula is C17H22Cl3IN4O. The molecule has 5 nitrogen and oxygen atoms in total. The Hall–Kier alpha value is -0.670. The summed E-state index contributed by atoms with van der Waals surface area (Å²) in [6, 6.07) is 9.00. The van der Waals surface area contributed by atoms with Crippen molar-refractivity contribution >= 4 is 64.7 Å². The second-order valence-electron chi connectivity index (χ2n) is 5.45. The molecule has 3 N–H and O–H groups in total. The second-order valence-corrected chi connectivity index (χ2v) is 6.62. The molecule has 0 saturated carbocycles. The summed E-state index contributed by atoms with van der Waals surface area (Å²) in [6.45, 7) is 3.35. The molecule has 1 atom stereocenters. The Balaban J connectivity index is 0.00000338. The summed E-state index contributed by atoms with van der Waals surface area (Å²) in [4.78, 5) is 4.50. The summed E-state index contributed by atoms with van der Waals surface area (Å²) in [5, 5.41) is 18.1. The number of aromatic nitrogens is 1. The lowest BCUT2D eigenvalue weighted by molar-refractivity contribution is 0.181. The normalized spacial score (nSPS) is 12.5. The molecule has 0 aliphatic heterocycles. The Kier molecular flexibility index (Phi) is 10.1. The largest absolute Gasteiger partial charge is 0.387 e. The molecule has 2 aromatic rings. The SMILES string of the molecule is CCNC(=NCc1cc(Cl)c(Cl)n1C)NCC(O)c1ccccc1Cl.I. The molecule has 0 aliphatic carbocycles. The molecule has 0 radical (unpaired) electrons. The van der Waals surface area contributed by atoms with Gasteiger partial charge in [-0.05, 0) is 19.1 Å². The molecule has 0 fully saturated rings. The van der Waals surface area contributed by atoms with Gasteiger partial charge in [0.15, 0.2) is 5.96 Å². The molecule has 0 aliphatic rings. The van der Waals surface area contributed by atoms with Crippen molar-refractivity contribution in [2.45, 2.75) is 19.6 Å². The van der Waals surface area contributed by atoms with Crippen LogP contribution in [-0.4, -0.2) is 28.7 Å². The van der Waals surface area contributed by atoms with Crippen molar-refractivity contribution in [2.24, 2.45) is 12.0 Å². The molecular weight excluding hydrogens is 509 g/mol. The highest BCUT2D eigenvalue weighted by Crippen LogP contribution is 2.25. The van der Waals surface area contributed by atoms with Crippen LogP contribution in [0.5, 0.6) is 0 Å². The first-order chi connectivity index (χ1) is 11.9. The van der Waals surface area contributed by atoms with Crippen LogP contribution in [0.25, 0.3) is 0 Å². The van der Waals surface area contributed by atoms with Crippen LogP contribution in [0.3, 0.4) is 0 Å². The minimum Gasteiger partial charge on any atom is -0.387 e. The Morgan fingerprint density at radius 2 is 1.88 bits per heavy atom. The van der Waals surface area contributed by atoms with Crippen molar-refractivity contribution in [3.05, 3.63) is 56.8 Å². The number of guanidine groups is 1. The Labute approximate surface area is 185 Å². The van der Waals surface area contributed by atoms with Gasteiger partial charge >= 0.3 is 0 Å². The number of hydrogen-bond acceptors (Lipinski definition) is 2. The first-order valence-corrected chi connectivity index (χ1v) is 9.01. The van der Waals surface area contributed by atoms with Gasteiger partial charge in [0.1, 0.15) is 5.15 Å². The van der Waals surface area contributed by atoms with Gasteiger partial charge in [-0.3, -0.25) is 0 Å². The van der Waals surface area contributed by atoms with Crippen molar-refractivity contribution in [1.82, 2.24) is 15.2 Å². The fourth-order valence-corrected chi connectivity index (χ4v) is 2.97. The minimum atomic E-state index is -0.739. The van der Waals surface area contributed by atoms with Gasteiger partial charge in [0.2, 0.25) is 0 Å². The van der Waals surface area contributed by atoms with E-state index in [4.69, 9.17) is 34.8 Å². The van der Waals surface area contributed by atoms with Gasteiger partial charge in [-0.1, -0.05) is 53.0 Å². The van der Waals surface area contributed by atoms with Gasteiger partial charge in [0, 0.05) is 36.4 Å². The molecule has 144 valence electrons. The maximum Gasteiger partial charge on any atom is 0.191 e. The lowest BCUT2D eigenvalue weighted by Crippen LogP contribution is -2.39. The van der Waals surface area contributed by atoms with Crippen LogP contribution < -0.4 is 10.6 Å². The smallest absolute Gasteiger partial charge is 0.191 e. The van der Waals surface area contributed by atoms with Crippen molar-refractivity contribution in [3.8, 4) is 0 Å². The van der Waals surface area contributed by atoms with Gasteiger partial charge in [-0.25, -0.2) is 4.99 Å². The number of aliphatic hydroxyl groups excluding tert-OH is 1. The minimum absolute atomic E-state index is 0. The monoisotopic (exact) mass is 530 g/mol. The fourth-order valence-electron chi connectivity index (χ4n) is 2.29. The van der Waals surface area contributed by atoms with E-state index in [1.165, 1.54) is 0 Å². The molecule has 0 bridgehead atoms. The lowest BCUT2D eigenvalue weighted by atomic mass is 10.1. The number of hydrogen-bond donors (Lipinski definition) is 3. The van der Waals surface area contributed by atoms with Crippen LogP contribution in [-0.2, 0) is 13.6 Å². The number of aliphatic hydroxyl groups is 1. The van der Waals surface area contributed by atoms with E-state index in [0.717, 1.165) is 5.69 Å². The number of aliphatic imine (C=N–C) groups is 1. The third kappa shape index (κ3) is 6.20. The van der Waals surface area contributed by atoms with Gasteiger partial charge in [0.25, 0.3) is 0 Å². The molecule has 0 spiro atoms. The molecule has 26 heavy (non-hydrogen) atoms. The average Bonchev–Trinajstić information content (AvgIpc) is 2.84. The highest BCUT2D eigenvalue weighted by atomic mass is 127. The number of nitrogens with one attached hydrogen (secondary N) is 2. The van der Waals surface area contributed by atoms with E-state index in [1.807, 2.05) is 26.1 Å². The van der Waals surface area contributed by atoms with Crippen LogP contribution in [0, 0.1) is 0 Å². The van der Waals surface area contributed by atoms with E-state index in [2.05, 4.69) is 15.6 Å². The fraction of sp³-hybridized carbons (Fsp3) is 0.353. The highest BCUT2D eigenvalue weighted by Gasteiger charge is 2.12. The summed E-state index contributed by atoms with van der Waals surface area (Å²) in [6.07, 6.45) is -0.739.